The fourth-order valence-electron chi connectivity index (χ4n) is 4.72. The first-order chi connectivity index (χ1) is 18.9. The van der Waals surface area contributed by atoms with Gasteiger partial charge in [-0.25, -0.2) is 0 Å². The third-order valence-corrected chi connectivity index (χ3v) is 7.70. The fraction of sp³-hybridized carbons (Fsp3) is 0.273. The van der Waals surface area contributed by atoms with E-state index in [1.54, 1.807) is 17.0 Å². The third-order valence-electron chi connectivity index (χ3n) is 7.12. The highest BCUT2D eigenvalue weighted by Crippen LogP contribution is 2.26. The Morgan fingerprint density at radius 1 is 0.872 bits per heavy atom. The Labute approximate surface area is 240 Å². The molecular weight excluding hydrogens is 527 g/mol. The second-order valence-electron chi connectivity index (χ2n) is 9.92. The number of amides is 2. The smallest absolute Gasteiger partial charge is 0.243 e. The number of nitrogens with one attached hydrogen (secondary N) is 1. The topological polar surface area (TPSA) is 49.4 Å². The van der Waals surface area contributed by atoms with Gasteiger partial charge in [0.2, 0.25) is 11.8 Å². The van der Waals surface area contributed by atoms with Crippen LogP contribution in [0.1, 0.15) is 43.4 Å². The van der Waals surface area contributed by atoms with Crippen molar-refractivity contribution >= 4 is 45.8 Å². The standard InChI is InChI=1S/C33H34Cl2N2O2/c1-3-23(2)36-33(39)31(20-24-10-5-4-6-11-24)37(22-27-16-18-28(34)21-30(27)35)32(38)19-17-26-14-9-13-25-12-7-8-15-29(25)26/h4-16,18,21,23,31H,3,17,19-20,22H2,1-2H3,(H,36,39)/t23-,31+/m0/s1. The largest absolute Gasteiger partial charge is 0.352 e. The molecule has 0 heterocycles. The number of carbonyl (C=O) groups excluding carboxylic acids is 2. The van der Waals surface area contributed by atoms with E-state index in [1.165, 1.54) is 0 Å². The number of halogens is 2. The molecule has 0 saturated heterocycles. The second kappa shape index (κ2) is 13.6. The average Bonchev–Trinajstić information content (AvgIpc) is 2.95. The summed E-state index contributed by atoms with van der Waals surface area (Å²) in [7, 11) is 0. The van der Waals surface area contributed by atoms with Crippen molar-refractivity contribution in [3.63, 3.8) is 0 Å². The number of hydrogen-bond donors (Lipinski definition) is 1. The van der Waals surface area contributed by atoms with Gasteiger partial charge in [0.25, 0.3) is 0 Å². The SMILES string of the molecule is CC[C@H](C)NC(=O)[C@@H](Cc1ccccc1)N(Cc1ccc(Cl)cc1Cl)C(=O)CCc1cccc2ccccc12. The van der Waals surface area contributed by atoms with Crippen LogP contribution in [0.25, 0.3) is 10.8 Å². The zero-order valence-electron chi connectivity index (χ0n) is 22.4. The van der Waals surface area contributed by atoms with Crippen LogP contribution in [-0.4, -0.2) is 28.8 Å². The molecule has 0 unspecified atom stereocenters. The van der Waals surface area contributed by atoms with Crippen LogP contribution in [0.4, 0.5) is 0 Å². The first-order valence-corrected chi connectivity index (χ1v) is 14.2. The lowest BCUT2D eigenvalue weighted by molar-refractivity contribution is -0.141. The van der Waals surface area contributed by atoms with Gasteiger partial charge in [0.1, 0.15) is 6.04 Å². The monoisotopic (exact) mass is 560 g/mol. The van der Waals surface area contributed by atoms with E-state index >= 15 is 0 Å². The third kappa shape index (κ3) is 7.62. The predicted octanol–water partition coefficient (Wildman–Crippen LogP) is 7.63. The quantitative estimate of drug-likeness (QED) is 0.205. The second-order valence-corrected chi connectivity index (χ2v) is 10.8. The highest BCUT2D eigenvalue weighted by atomic mass is 35.5. The summed E-state index contributed by atoms with van der Waals surface area (Å²) in [6.45, 7) is 4.20. The molecule has 0 aromatic heterocycles. The van der Waals surface area contributed by atoms with E-state index in [1.807, 2.05) is 68.4 Å². The molecule has 6 heteroatoms. The first-order valence-electron chi connectivity index (χ1n) is 13.4. The van der Waals surface area contributed by atoms with Crippen molar-refractivity contribution in [2.45, 2.75) is 58.2 Å². The minimum absolute atomic E-state index is 0.0115. The molecule has 1 N–H and O–H groups in total. The Balaban J connectivity index is 1.67. The van der Waals surface area contributed by atoms with Crippen LogP contribution in [-0.2, 0) is 29.0 Å². The van der Waals surface area contributed by atoms with E-state index in [-0.39, 0.29) is 30.8 Å². The molecule has 39 heavy (non-hydrogen) atoms. The van der Waals surface area contributed by atoms with Crippen molar-refractivity contribution in [1.82, 2.24) is 10.2 Å². The van der Waals surface area contributed by atoms with Crippen molar-refractivity contribution in [1.29, 1.82) is 0 Å². The van der Waals surface area contributed by atoms with Crippen LogP contribution in [0, 0.1) is 0 Å². The molecule has 4 rings (SSSR count). The number of aryl methyl sites for hydroxylation is 1. The van der Waals surface area contributed by atoms with Crippen LogP contribution in [0.5, 0.6) is 0 Å². The number of fused-ring (bicyclic) bond motifs is 1. The number of hydrogen-bond acceptors (Lipinski definition) is 2. The minimum atomic E-state index is -0.701. The Morgan fingerprint density at radius 2 is 1.59 bits per heavy atom. The highest BCUT2D eigenvalue weighted by Gasteiger charge is 2.31. The molecule has 4 aromatic carbocycles. The molecule has 0 aliphatic carbocycles. The zero-order valence-corrected chi connectivity index (χ0v) is 23.9. The molecule has 2 amide bonds. The van der Waals surface area contributed by atoms with Gasteiger partial charge in [-0.05, 0) is 59.4 Å². The summed E-state index contributed by atoms with van der Waals surface area (Å²) in [5.41, 5.74) is 2.83. The van der Waals surface area contributed by atoms with Gasteiger partial charge in [-0.1, -0.05) is 109 Å². The number of benzene rings is 4. The fourth-order valence-corrected chi connectivity index (χ4v) is 5.19. The molecule has 0 aliphatic heterocycles. The van der Waals surface area contributed by atoms with Gasteiger partial charge in [-0.15, -0.1) is 0 Å². The van der Waals surface area contributed by atoms with Crippen molar-refractivity contribution in [3.05, 3.63) is 118 Å². The average molecular weight is 562 g/mol. The van der Waals surface area contributed by atoms with Gasteiger partial charge >= 0.3 is 0 Å². The summed E-state index contributed by atoms with van der Waals surface area (Å²) in [4.78, 5) is 29.4. The summed E-state index contributed by atoms with van der Waals surface area (Å²) in [6, 6.07) is 28.7. The molecule has 0 aliphatic rings. The predicted molar refractivity (Wildman–Crippen MR) is 161 cm³/mol. The van der Waals surface area contributed by atoms with Crippen molar-refractivity contribution in [2.75, 3.05) is 0 Å². The van der Waals surface area contributed by atoms with E-state index in [2.05, 4.69) is 29.6 Å². The number of nitrogens with zero attached hydrogens (tertiary/aromatic N) is 1. The molecular formula is C33H34Cl2N2O2. The molecule has 4 aromatic rings. The van der Waals surface area contributed by atoms with Gasteiger partial charge in [-0.2, -0.15) is 0 Å². The summed E-state index contributed by atoms with van der Waals surface area (Å²) in [6.07, 6.45) is 2.02. The Hall–Kier alpha value is -3.34. The Kier molecular flexibility index (Phi) is 10.0. The van der Waals surface area contributed by atoms with Crippen LogP contribution in [0.2, 0.25) is 10.0 Å². The van der Waals surface area contributed by atoms with Crippen molar-refractivity contribution in [3.8, 4) is 0 Å². The number of carbonyl (C=O) groups is 2. The summed E-state index contributed by atoms with van der Waals surface area (Å²) < 4.78 is 0. The molecule has 2 atom stereocenters. The summed E-state index contributed by atoms with van der Waals surface area (Å²) >= 11 is 12.7. The molecule has 4 nitrogen and oxygen atoms in total. The zero-order chi connectivity index (χ0) is 27.8. The van der Waals surface area contributed by atoms with Crippen LogP contribution in [0.15, 0.2) is 91.0 Å². The highest BCUT2D eigenvalue weighted by molar-refractivity contribution is 6.35. The molecule has 0 bridgehead atoms. The van der Waals surface area contributed by atoms with E-state index in [4.69, 9.17) is 23.2 Å². The molecule has 0 radical (unpaired) electrons. The van der Waals surface area contributed by atoms with Crippen molar-refractivity contribution in [2.24, 2.45) is 0 Å². The van der Waals surface area contributed by atoms with E-state index in [9.17, 15) is 9.59 Å². The lowest BCUT2D eigenvalue weighted by Crippen LogP contribution is -2.52. The first kappa shape index (κ1) is 28.7. The van der Waals surface area contributed by atoms with Gasteiger partial charge < -0.3 is 10.2 Å². The Bertz CT molecular complexity index is 1420. The summed E-state index contributed by atoms with van der Waals surface area (Å²) in [5.74, 6) is -0.272. The number of rotatable bonds is 11. The summed E-state index contributed by atoms with van der Waals surface area (Å²) in [5, 5.41) is 6.37. The maximum atomic E-state index is 14.0. The molecule has 0 fully saturated rings. The maximum Gasteiger partial charge on any atom is 0.243 e. The van der Waals surface area contributed by atoms with Gasteiger partial charge in [0.15, 0.2) is 0 Å². The maximum absolute atomic E-state index is 14.0. The van der Waals surface area contributed by atoms with Gasteiger partial charge in [0, 0.05) is 35.5 Å². The minimum Gasteiger partial charge on any atom is -0.352 e. The van der Waals surface area contributed by atoms with E-state index in [0.29, 0.717) is 22.9 Å². The van der Waals surface area contributed by atoms with E-state index < -0.39 is 6.04 Å². The van der Waals surface area contributed by atoms with Gasteiger partial charge in [0.05, 0.1) is 0 Å². The van der Waals surface area contributed by atoms with Gasteiger partial charge in [-0.3, -0.25) is 9.59 Å². The van der Waals surface area contributed by atoms with Crippen LogP contribution < -0.4 is 5.32 Å². The van der Waals surface area contributed by atoms with Crippen LogP contribution >= 0.6 is 23.2 Å². The Morgan fingerprint density at radius 3 is 2.33 bits per heavy atom. The molecule has 0 spiro atoms. The normalized spacial score (nSPS) is 12.6. The van der Waals surface area contributed by atoms with Crippen molar-refractivity contribution < 1.29 is 9.59 Å². The van der Waals surface area contributed by atoms with E-state index in [0.717, 1.165) is 33.9 Å². The van der Waals surface area contributed by atoms with Crippen LogP contribution in [0.3, 0.4) is 0 Å². The lowest BCUT2D eigenvalue weighted by Gasteiger charge is -2.32. The lowest BCUT2D eigenvalue weighted by atomic mass is 9.99. The molecule has 0 saturated carbocycles. The molecule has 202 valence electrons.